The highest BCUT2D eigenvalue weighted by Gasteiger charge is 2.30. The highest BCUT2D eigenvalue weighted by molar-refractivity contribution is 6.11. The minimum Gasteiger partial charge on any atom is -0.461 e. The molecule has 4 amide bonds. The number of nitrogens with one attached hydrogen (secondary N) is 3. The lowest BCUT2D eigenvalue weighted by Gasteiger charge is -2.25. The molecule has 11 heteroatoms. The molecule has 5 rings (SSSR count). The summed E-state index contributed by atoms with van der Waals surface area (Å²) < 4.78 is 5.68. The van der Waals surface area contributed by atoms with Gasteiger partial charge in [0.25, 0.3) is 11.8 Å². The van der Waals surface area contributed by atoms with Gasteiger partial charge in [0.1, 0.15) is 17.4 Å². The fourth-order valence-corrected chi connectivity index (χ4v) is 5.45. The van der Waals surface area contributed by atoms with Gasteiger partial charge >= 0.3 is 0 Å². The number of nitrogens with zero attached hydrogens (tertiary/aromatic N) is 3. The van der Waals surface area contributed by atoms with Crippen LogP contribution in [0.3, 0.4) is 0 Å². The number of hydrogen-bond acceptors (Lipinski definition) is 6. The van der Waals surface area contributed by atoms with Crippen molar-refractivity contribution in [3.8, 4) is 0 Å². The van der Waals surface area contributed by atoms with Crippen molar-refractivity contribution in [1.29, 1.82) is 0 Å². The third-order valence-corrected chi connectivity index (χ3v) is 7.70. The number of anilines is 1. The minimum atomic E-state index is -0.767. The van der Waals surface area contributed by atoms with Gasteiger partial charge in [0.2, 0.25) is 17.8 Å². The lowest BCUT2D eigenvalue weighted by atomic mass is 10.1. The molecule has 11 nitrogen and oxygen atoms in total. The Morgan fingerprint density at radius 2 is 1.63 bits per heavy atom. The van der Waals surface area contributed by atoms with E-state index in [2.05, 4.69) is 16.0 Å². The van der Waals surface area contributed by atoms with Crippen LogP contribution in [-0.4, -0.2) is 78.2 Å². The summed E-state index contributed by atoms with van der Waals surface area (Å²) in [6, 6.07) is 13.0. The molecule has 2 fully saturated rings. The van der Waals surface area contributed by atoms with Crippen LogP contribution in [0, 0.1) is 6.92 Å². The molecule has 0 radical (unpaired) electrons. The molecule has 2 aliphatic rings. The molecular formula is C32H38N6O5. The van der Waals surface area contributed by atoms with E-state index in [1.54, 1.807) is 29.2 Å². The van der Waals surface area contributed by atoms with Crippen LogP contribution in [0.1, 0.15) is 65.5 Å². The van der Waals surface area contributed by atoms with E-state index in [9.17, 15) is 19.2 Å². The molecule has 3 N–H and O–H groups in total. The Bertz CT molecular complexity index is 1520. The van der Waals surface area contributed by atoms with Crippen LogP contribution in [-0.2, 0) is 9.59 Å². The van der Waals surface area contributed by atoms with Crippen molar-refractivity contribution in [2.45, 2.75) is 52.0 Å². The molecule has 1 aromatic heterocycles. The van der Waals surface area contributed by atoms with Gasteiger partial charge in [-0.1, -0.05) is 0 Å². The Morgan fingerprint density at radius 3 is 2.35 bits per heavy atom. The van der Waals surface area contributed by atoms with Crippen molar-refractivity contribution >= 4 is 46.2 Å². The van der Waals surface area contributed by atoms with Crippen LogP contribution in [0.4, 0.5) is 5.69 Å². The highest BCUT2D eigenvalue weighted by Crippen LogP contribution is 2.23. The number of carbonyl (C=O) groups excluding carboxylic acids is 4. The summed E-state index contributed by atoms with van der Waals surface area (Å²) in [6.45, 7) is 6.20. The molecule has 0 aliphatic carbocycles. The first-order chi connectivity index (χ1) is 20.8. The first-order valence-electron chi connectivity index (χ1n) is 14.9. The Hall–Kier alpha value is -4.67. The van der Waals surface area contributed by atoms with Gasteiger partial charge in [-0.25, -0.2) is 4.99 Å². The minimum absolute atomic E-state index is 0.0362. The smallest absolute Gasteiger partial charge is 0.257 e. The molecule has 3 heterocycles. The SMILES string of the molecule is CCNC(=O)c1ccc(C(=O)NC(=N[C@H]2CCCCN(CC(=O)N3CCCC3)C2=O)Nc2ccc3oc(C)cc3c2)cc1. The first kappa shape index (κ1) is 29.8. The molecular weight excluding hydrogens is 548 g/mol. The summed E-state index contributed by atoms with van der Waals surface area (Å²) in [4.78, 5) is 60.1. The number of fused-ring (bicyclic) bond motifs is 1. The van der Waals surface area contributed by atoms with Crippen LogP contribution in [0.2, 0.25) is 0 Å². The third kappa shape index (κ3) is 7.40. The van der Waals surface area contributed by atoms with Crippen molar-refractivity contribution in [1.82, 2.24) is 20.4 Å². The fourth-order valence-electron chi connectivity index (χ4n) is 5.45. The van der Waals surface area contributed by atoms with Crippen molar-refractivity contribution in [2.24, 2.45) is 4.99 Å². The van der Waals surface area contributed by atoms with E-state index in [0.717, 1.165) is 55.5 Å². The standard InChI is InChI=1S/C32H38N6O5/c1-3-33-29(40)22-9-11-23(12-10-22)30(41)36-32(34-25-13-14-27-24(19-25)18-21(2)43-27)35-26-8-4-5-17-38(31(26)42)20-28(39)37-15-6-7-16-37/h9-14,18-19,26H,3-8,15-17,20H2,1-2H3,(H,33,40)(H2,34,35,36,41)/t26-/m0/s1. The number of furan rings is 1. The van der Waals surface area contributed by atoms with Crippen molar-refractivity contribution in [2.75, 3.05) is 38.0 Å². The third-order valence-electron chi connectivity index (χ3n) is 7.70. The Kier molecular flexibility index (Phi) is 9.38. The Labute approximate surface area is 250 Å². The van der Waals surface area contributed by atoms with Crippen molar-refractivity contribution in [3.63, 3.8) is 0 Å². The van der Waals surface area contributed by atoms with Crippen molar-refractivity contribution < 1.29 is 23.6 Å². The summed E-state index contributed by atoms with van der Waals surface area (Å²) in [5.74, 6) is -0.0480. The number of benzene rings is 2. The van der Waals surface area contributed by atoms with Crippen LogP contribution in [0.5, 0.6) is 0 Å². The predicted molar refractivity (Wildman–Crippen MR) is 164 cm³/mol. The zero-order valence-electron chi connectivity index (χ0n) is 24.7. The maximum atomic E-state index is 13.6. The van der Waals surface area contributed by atoms with Crippen LogP contribution in [0.25, 0.3) is 11.0 Å². The molecule has 2 aliphatic heterocycles. The average molecular weight is 587 g/mol. The second-order valence-electron chi connectivity index (χ2n) is 11.0. The summed E-state index contributed by atoms with van der Waals surface area (Å²) in [5, 5.41) is 9.63. The van der Waals surface area contributed by atoms with Gasteiger partial charge < -0.3 is 24.9 Å². The largest absolute Gasteiger partial charge is 0.461 e. The summed E-state index contributed by atoms with van der Waals surface area (Å²) in [6.07, 6.45) is 4.00. The van der Waals surface area contributed by atoms with Gasteiger partial charge in [0.15, 0.2) is 0 Å². The van der Waals surface area contributed by atoms with E-state index in [1.165, 1.54) is 0 Å². The van der Waals surface area contributed by atoms with Gasteiger partial charge in [-0.05, 0) is 94.5 Å². The van der Waals surface area contributed by atoms with Gasteiger partial charge in [-0.3, -0.25) is 24.5 Å². The Morgan fingerprint density at radius 1 is 0.930 bits per heavy atom. The zero-order valence-corrected chi connectivity index (χ0v) is 24.7. The van der Waals surface area contributed by atoms with E-state index < -0.39 is 11.9 Å². The van der Waals surface area contributed by atoms with Crippen LogP contribution >= 0.6 is 0 Å². The van der Waals surface area contributed by atoms with E-state index in [-0.39, 0.29) is 30.2 Å². The summed E-state index contributed by atoms with van der Waals surface area (Å²) >= 11 is 0. The van der Waals surface area contributed by atoms with Gasteiger partial charge in [-0.2, -0.15) is 0 Å². The zero-order chi connectivity index (χ0) is 30.3. The Balaban J connectivity index is 1.38. The molecule has 2 saturated heterocycles. The maximum absolute atomic E-state index is 13.6. The van der Waals surface area contributed by atoms with Crippen molar-refractivity contribution in [3.05, 3.63) is 65.4 Å². The predicted octanol–water partition coefficient (Wildman–Crippen LogP) is 3.69. The quantitative estimate of drug-likeness (QED) is 0.285. The van der Waals surface area contributed by atoms with Crippen LogP contribution < -0.4 is 16.0 Å². The highest BCUT2D eigenvalue weighted by atomic mass is 16.3. The number of carbonyl (C=O) groups is 4. The lowest BCUT2D eigenvalue weighted by Crippen LogP contribution is -2.45. The fraction of sp³-hybridized carbons (Fsp3) is 0.406. The summed E-state index contributed by atoms with van der Waals surface area (Å²) in [5.41, 5.74) is 2.16. The lowest BCUT2D eigenvalue weighted by molar-refractivity contribution is -0.140. The first-order valence-corrected chi connectivity index (χ1v) is 14.9. The number of guanidine groups is 1. The molecule has 1 atom stereocenters. The van der Waals surface area contributed by atoms with E-state index in [4.69, 9.17) is 9.41 Å². The molecule has 43 heavy (non-hydrogen) atoms. The van der Waals surface area contributed by atoms with E-state index in [0.29, 0.717) is 36.3 Å². The number of aliphatic imine (C=N–C) groups is 1. The second kappa shape index (κ2) is 13.5. The maximum Gasteiger partial charge on any atom is 0.257 e. The number of likely N-dealkylation sites (tertiary alicyclic amines) is 2. The molecule has 0 saturated carbocycles. The summed E-state index contributed by atoms with van der Waals surface area (Å²) in [7, 11) is 0. The average Bonchev–Trinajstić information content (AvgIpc) is 3.63. The molecule has 226 valence electrons. The van der Waals surface area contributed by atoms with Gasteiger partial charge in [0.05, 0.1) is 6.54 Å². The van der Waals surface area contributed by atoms with Gasteiger partial charge in [0, 0.05) is 48.4 Å². The van der Waals surface area contributed by atoms with E-state index >= 15 is 0 Å². The van der Waals surface area contributed by atoms with Crippen LogP contribution in [0.15, 0.2) is 57.9 Å². The molecule has 2 aromatic carbocycles. The molecule has 0 unspecified atom stereocenters. The normalized spacial score (nSPS) is 17.6. The van der Waals surface area contributed by atoms with Gasteiger partial charge in [-0.15, -0.1) is 0 Å². The number of amides is 4. The molecule has 3 aromatic rings. The number of hydrogen-bond donors (Lipinski definition) is 3. The molecule has 0 spiro atoms. The monoisotopic (exact) mass is 586 g/mol. The second-order valence-corrected chi connectivity index (χ2v) is 11.0. The number of aryl methyl sites for hydroxylation is 1. The topological polar surface area (TPSA) is 136 Å². The number of rotatable bonds is 7. The van der Waals surface area contributed by atoms with E-state index in [1.807, 2.05) is 43.0 Å². The molecule has 0 bridgehead atoms.